The highest BCUT2D eigenvalue weighted by molar-refractivity contribution is 7.89. The van der Waals surface area contributed by atoms with Crippen molar-refractivity contribution in [2.75, 3.05) is 13.2 Å². The zero-order valence-electron chi connectivity index (χ0n) is 9.69. The highest BCUT2D eigenvalue weighted by Gasteiger charge is 2.25. The van der Waals surface area contributed by atoms with Crippen molar-refractivity contribution < 1.29 is 17.9 Å². The fraction of sp³-hybridized carbons (Fsp3) is 0.556. The van der Waals surface area contributed by atoms with Gasteiger partial charge in [-0.1, -0.05) is 6.92 Å². The van der Waals surface area contributed by atoms with Crippen molar-refractivity contribution in [1.82, 2.24) is 14.9 Å². The third kappa shape index (κ3) is 3.27. The lowest BCUT2D eigenvalue weighted by Gasteiger charge is -2.05. The number of hydrogen-bond acceptors (Lipinski definition) is 5. The van der Waals surface area contributed by atoms with Crippen molar-refractivity contribution in [2.45, 2.75) is 25.3 Å². The number of H-pyrrole nitrogens is 1. The van der Waals surface area contributed by atoms with E-state index < -0.39 is 16.0 Å². The molecule has 0 amide bonds. The van der Waals surface area contributed by atoms with Crippen LogP contribution in [0.2, 0.25) is 0 Å². The number of sulfonamides is 1. The summed E-state index contributed by atoms with van der Waals surface area (Å²) in [5.41, 5.74) is -0.0875. The van der Waals surface area contributed by atoms with Crippen LogP contribution < -0.4 is 4.72 Å². The molecule has 8 heteroatoms. The van der Waals surface area contributed by atoms with Gasteiger partial charge in [-0.3, -0.25) is 5.10 Å². The van der Waals surface area contributed by atoms with Gasteiger partial charge in [0.05, 0.1) is 12.8 Å². The first kappa shape index (κ1) is 13.7. The number of nitrogens with one attached hydrogen (secondary N) is 2. The standard InChI is InChI=1S/C9H15N3O4S/c1-3-5-11-17(14,15)8-7(6-10-12-8)9(13)16-4-2/h6,11H,3-5H2,1-2H3,(H,10,12). The zero-order chi connectivity index (χ0) is 12.9. The van der Waals surface area contributed by atoms with Crippen LogP contribution in [0.1, 0.15) is 30.6 Å². The number of carbonyl (C=O) groups excluding carboxylic acids is 1. The molecular weight excluding hydrogens is 246 g/mol. The van der Waals surface area contributed by atoms with E-state index in [1.165, 1.54) is 0 Å². The Morgan fingerprint density at radius 2 is 2.24 bits per heavy atom. The highest BCUT2D eigenvalue weighted by Crippen LogP contribution is 2.12. The molecule has 1 heterocycles. The van der Waals surface area contributed by atoms with Crippen molar-refractivity contribution in [3.05, 3.63) is 11.8 Å². The van der Waals surface area contributed by atoms with Crippen LogP contribution in [0, 0.1) is 0 Å². The minimum atomic E-state index is -3.74. The minimum Gasteiger partial charge on any atom is -0.462 e. The summed E-state index contributed by atoms with van der Waals surface area (Å²) in [6.07, 6.45) is 1.79. The topological polar surface area (TPSA) is 101 Å². The van der Waals surface area contributed by atoms with Crippen molar-refractivity contribution in [2.24, 2.45) is 0 Å². The van der Waals surface area contributed by atoms with Crippen molar-refractivity contribution in [3.63, 3.8) is 0 Å². The molecule has 0 saturated heterocycles. The van der Waals surface area contributed by atoms with E-state index in [9.17, 15) is 13.2 Å². The number of aromatic nitrogens is 2. The number of rotatable bonds is 6. The average Bonchev–Trinajstić information content (AvgIpc) is 2.76. The predicted molar refractivity (Wildman–Crippen MR) is 60.0 cm³/mol. The summed E-state index contributed by atoms with van der Waals surface area (Å²) in [6, 6.07) is 0. The molecule has 0 bridgehead atoms. The molecule has 1 aromatic rings. The lowest BCUT2D eigenvalue weighted by molar-refractivity contribution is 0.0522. The van der Waals surface area contributed by atoms with Gasteiger partial charge in [0.15, 0.2) is 5.03 Å². The van der Waals surface area contributed by atoms with Crippen LogP contribution in [0.4, 0.5) is 0 Å². The minimum absolute atomic E-state index is 0.0875. The summed E-state index contributed by atoms with van der Waals surface area (Å²) in [5, 5.41) is 5.59. The molecule has 7 nitrogen and oxygen atoms in total. The van der Waals surface area contributed by atoms with E-state index in [0.717, 1.165) is 6.20 Å². The molecule has 0 fully saturated rings. The second kappa shape index (κ2) is 5.78. The van der Waals surface area contributed by atoms with Crippen molar-refractivity contribution in [3.8, 4) is 0 Å². The largest absolute Gasteiger partial charge is 0.462 e. The SMILES string of the molecule is CCCNS(=O)(=O)c1[nH]ncc1C(=O)OCC. The lowest BCUT2D eigenvalue weighted by Crippen LogP contribution is -2.26. The van der Waals surface area contributed by atoms with Crippen molar-refractivity contribution >= 4 is 16.0 Å². The smallest absolute Gasteiger partial charge is 0.342 e. The molecule has 0 radical (unpaired) electrons. The molecule has 0 aromatic carbocycles. The normalized spacial score (nSPS) is 11.4. The van der Waals surface area contributed by atoms with Gasteiger partial charge in [0.25, 0.3) is 10.0 Å². The number of nitrogens with zero attached hydrogens (tertiary/aromatic N) is 1. The molecule has 0 aliphatic carbocycles. The number of carbonyl (C=O) groups is 1. The van der Waals surface area contributed by atoms with E-state index in [2.05, 4.69) is 14.9 Å². The van der Waals surface area contributed by atoms with E-state index in [4.69, 9.17) is 4.74 Å². The lowest BCUT2D eigenvalue weighted by atomic mass is 10.4. The van der Waals surface area contributed by atoms with Crippen LogP contribution in [0.15, 0.2) is 11.2 Å². The maximum absolute atomic E-state index is 11.8. The molecule has 0 atom stereocenters. The fourth-order valence-corrected chi connectivity index (χ4v) is 2.36. The van der Waals surface area contributed by atoms with Gasteiger partial charge in [-0.05, 0) is 13.3 Å². The van der Waals surface area contributed by atoms with Gasteiger partial charge in [0.2, 0.25) is 0 Å². The Kier molecular flexibility index (Phi) is 4.64. The fourth-order valence-electron chi connectivity index (χ4n) is 1.14. The predicted octanol–water partition coefficient (Wildman–Crippen LogP) is 0.275. The first-order chi connectivity index (χ1) is 8.03. The number of esters is 1. The Morgan fingerprint density at radius 3 is 2.82 bits per heavy atom. The number of hydrogen-bond donors (Lipinski definition) is 2. The number of aromatic amines is 1. The monoisotopic (exact) mass is 261 g/mol. The Hall–Kier alpha value is -1.41. The molecule has 1 aromatic heterocycles. The zero-order valence-corrected chi connectivity index (χ0v) is 10.5. The molecule has 1 rings (SSSR count). The van der Waals surface area contributed by atoms with Gasteiger partial charge in [-0.15, -0.1) is 0 Å². The molecular formula is C9H15N3O4S. The van der Waals surface area contributed by atoms with Crippen LogP contribution >= 0.6 is 0 Å². The summed E-state index contributed by atoms with van der Waals surface area (Å²) in [6.45, 7) is 3.94. The Morgan fingerprint density at radius 1 is 1.53 bits per heavy atom. The van der Waals surface area contributed by atoms with E-state index >= 15 is 0 Å². The quantitative estimate of drug-likeness (QED) is 0.716. The summed E-state index contributed by atoms with van der Waals surface area (Å²) < 4.78 is 30.7. The third-order valence-corrected chi connectivity index (χ3v) is 3.34. The maximum Gasteiger partial charge on any atom is 0.342 e. The van der Waals surface area contributed by atoms with Gasteiger partial charge in [-0.25, -0.2) is 17.9 Å². The molecule has 96 valence electrons. The molecule has 0 spiro atoms. The molecule has 0 aliphatic rings. The summed E-state index contributed by atoms with van der Waals surface area (Å²) in [7, 11) is -3.74. The molecule has 0 unspecified atom stereocenters. The van der Waals surface area contributed by atoms with Crippen LogP contribution in [0.3, 0.4) is 0 Å². The highest BCUT2D eigenvalue weighted by atomic mass is 32.2. The average molecular weight is 261 g/mol. The van der Waals surface area contributed by atoms with E-state index in [-0.39, 0.29) is 17.2 Å². The van der Waals surface area contributed by atoms with Gasteiger partial charge in [0.1, 0.15) is 5.56 Å². The van der Waals surface area contributed by atoms with Gasteiger partial charge in [-0.2, -0.15) is 5.10 Å². The second-order valence-electron chi connectivity index (χ2n) is 3.23. The first-order valence-electron chi connectivity index (χ1n) is 5.23. The number of ether oxygens (including phenoxy) is 1. The van der Waals surface area contributed by atoms with Crippen LogP contribution in [0.25, 0.3) is 0 Å². The Labute approximate surface area is 99.6 Å². The Balaban J connectivity index is 2.99. The molecule has 2 N–H and O–H groups in total. The summed E-state index contributed by atoms with van der Waals surface area (Å²) >= 11 is 0. The molecule has 0 aliphatic heterocycles. The third-order valence-electron chi connectivity index (χ3n) is 1.91. The van der Waals surface area contributed by atoms with E-state index in [1.807, 2.05) is 6.92 Å². The van der Waals surface area contributed by atoms with Gasteiger partial charge < -0.3 is 4.74 Å². The van der Waals surface area contributed by atoms with Crippen LogP contribution in [-0.2, 0) is 14.8 Å². The van der Waals surface area contributed by atoms with Crippen molar-refractivity contribution in [1.29, 1.82) is 0 Å². The molecule has 0 saturated carbocycles. The van der Waals surface area contributed by atoms with Crippen LogP contribution in [-0.4, -0.2) is 37.7 Å². The summed E-state index contributed by atoms with van der Waals surface area (Å²) in [5.74, 6) is -0.710. The maximum atomic E-state index is 11.8. The van der Waals surface area contributed by atoms with Crippen LogP contribution in [0.5, 0.6) is 0 Å². The first-order valence-corrected chi connectivity index (χ1v) is 6.71. The second-order valence-corrected chi connectivity index (χ2v) is 4.93. The summed E-state index contributed by atoms with van der Waals surface area (Å²) in [4.78, 5) is 11.5. The molecule has 17 heavy (non-hydrogen) atoms. The Bertz CT molecular complexity index is 480. The van der Waals surface area contributed by atoms with Gasteiger partial charge >= 0.3 is 5.97 Å². The van der Waals surface area contributed by atoms with E-state index in [0.29, 0.717) is 13.0 Å². The van der Waals surface area contributed by atoms with Gasteiger partial charge in [0, 0.05) is 6.54 Å². The van der Waals surface area contributed by atoms with E-state index in [1.54, 1.807) is 6.92 Å².